The zero-order valence-electron chi connectivity index (χ0n) is 11.1. The second-order valence-corrected chi connectivity index (χ2v) is 5.28. The lowest BCUT2D eigenvalue weighted by atomic mass is 10.1. The Kier molecular flexibility index (Phi) is 4.23. The zero-order valence-corrected chi connectivity index (χ0v) is 12.7. The Morgan fingerprint density at radius 1 is 1.33 bits per heavy atom. The molecule has 0 atom stereocenters. The van der Waals surface area contributed by atoms with E-state index in [0.29, 0.717) is 22.6 Å². The molecule has 0 spiro atoms. The number of rotatable bonds is 4. The predicted octanol–water partition coefficient (Wildman–Crippen LogP) is 3.74. The minimum Gasteiger partial charge on any atom is -0.457 e. The molecular formula is C14H12BrN3O3. The van der Waals surface area contributed by atoms with E-state index in [0.717, 1.165) is 4.47 Å². The van der Waals surface area contributed by atoms with Crippen LogP contribution in [0.5, 0.6) is 11.5 Å². The van der Waals surface area contributed by atoms with Gasteiger partial charge in [0.15, 0.2) is 0 Å². The molecule has 0 bridgehead atoms. The molecule has 0 aromatic heterocycles. The summed E-state index contributed by atoms with van der Waals surface area (Å²) in [7, 11) is 0. The van der Waals surface area contributed by atoms with Gasteiger partial charge in [0, 0.05) is 16.1 Å². The average molecular weight is 350 g/mol. The zero-order chi connectivity index (χ0) is 15.6. The van der Waals surface area contributed by atoms with Gasteiger partial charge >= 0.3 is 0 Å². The van der Waals surface area contributed by atoms with Crippen LogP contribution in [0, 0.1) is 22.4 Å². The van der Waals surface area contributed by atoms with E-state index in [-0.39, 0.29) is 11.5 Å². The van der Waals surface area contributed by atoms with Crippen LogP contribution >= 0.6 is 15.9 Å². The maximum Gasteiger partial charge on any atom is 0.272 e. The summed E-state index contributed by atoms with van der Waals surface area (Å²) in [6.07, 6.45) is 0. The minimum atomic E-state index is -0.445. The van der Waals surface area contributed by atoms with Gasteiger partial charge in [0.25, 0.3) is 5.69 Å². The molecule has 21 heavy (non-hydrogen) atoms. The van der Waals surface area contributed by atoms with Crippen molar-refractivity contribution in [1.82, 2.24) is 0 Å². The number of amidine groups is 1. The smallest absolute Gasteiger partial charge is 0.272 e. The highest BCUT2D eigenvalue weighted by Crippen LogP contribution is 2.31. The average Bonchev–Trinajstić information content (AvgIpc) is 2.37. The highest BCUT2D eigenvalue weighted by molar-refractivity contribution is 9.10. The van der Waals surface area contributed by atoms with Gasteiger partial charge in [-0.1, -0.05) is 15.9 Å². The van der Waals surface area contributed by atoms with Gasteiger partial charge in [-0.15, -0.1) is 0 Å². The first kappa shape index (κ1) is 15.0. The number of aryl methyl sites for hydroxylation is 1. The molecule has 0 aliphatic carbocycles. The number of nitrogens with two attached hydrogens (primary N) is 1. The normalized spacial score (nSPS) is 10.2. The first-order valence-corrected chi connectivity index (χ1v) is 6.74. The van der Waals surface area contributed by atoms with E-state index in [1.165, 1.54) is 12.1 Å². The van der Waals surface area contributed by atoms with Gasteiger partial charge in [-0.3, -0.25) is 15.5 Å². The predicted molar refractivity (Wildman–Crippen MR) is 83.1 cm³/mol. The molecule has 0 heterocycles. The Labute approximate surface area is 129 Å². The Morgan fingerprint density at radius 3 is 2.62 bits per heavy atom. The summed E-state index contributed by atoms with van der Waals surface area (Å²) >= 11 is 3.32. The van der Waals surface area contributed by atoms with Crippen LogP contribution in [0.3, 0.4) is 0 Å². The molecular weight excluding hydrogens is 338 g/mol. The second kappa shape index (κ2) is 5.92. The molecule has 3 N–H and O–H groups in total. The largest absolute Gasteiger partial charge is 0.457 e. The molecule has 108 valence electrons. The number of nitrogen functional groups attached to an aromatic ring is 1. The SMILES string of the molecule is Cc1cc(Oc2cc(Br)ccc2C(=N)N)ccc1[N+](=O)[O-]. The molecule has 2 aromatic carbocycles. The van der Waals surface area contributed by atoms with Crippen LogP contribution in [0.25, 0.3) is 0 Å². The Hall–Kier alpha value is -2.41. The molecule has 2 rings (SSSR count). The van der Waals surface area contributed by atoms with Gasteiger partial charge in [-0.05, 0) is 37.3 Å². The summed E-state index contributed by atoms with van der Waals surface area (Å²) < 4.78 is 6.47. The molecule has 0 aliphatic rings. The molecule has 0 fully saturated rings. The number of hydrogen-bond acceptors (Lipinski definition) is 4. The minimum absolute atomic E-state index is 0.0309. The number of nitrogens with zero attached hydrogens (tertiary/aromatic N) is 1. The fourth-order valence-corrected chi connectivity index (χ4v) is 2.17. The summed E-state index contributed by atoms with van der Waals surface area (Å²) in [6.45, 7) is 1.64. The van der Waals surface area contributed by atoms with E-state index in [9.17, 15) is 10.1 Å². The molecule has 2 aromatic rings. The molecule has 7 heteroatoms. The van der Waals surface area contributed by atoms with E-state index in [4.69, 9.17) is 15.9 Å². The van der Waals surface area contributed by atoms with Gasteiger partial charge in [-0.2, -0.15) is 0 Å². The summed E-state index contributed by atoms with van der Waals surface area (Å²) in [5, 5.41) is 18.3. The summed E-state index contributed by atoms with van der Waals surface area (Å²) in [6, 6.07) is 9.58. The van der Waals surface area contributed by atoms with Crippen LogP contribution in [-0.2, 0) is 0 Å². The van der Waals surface area contributed by atoms with Crippen molar-refractivity contribution in [2.75, 3.05) is 0 Å². The van der Waals surface area contributed by atoms with E-state index >= 15 is 0 Å². The fraction of sp³-hybridized carbons (Fsp3) is 0.0714. The molecule has 0 unspecified atom stereocenters. The summed E-state index contributed by atoms with van der Waals surface area (Å²) in [5.74, 6) is 0.736. The fourth-order valence-electron chi connectivity index (χ4n) is 1.83. The van der Waals surface area contributed by atoms with Crippen LogP contribution in [0.15, 0.2) is 40.9 Å². The number of hydrogen-bond donors (Lipinski definition) is 2. The second-order valence-electron chi connectivity index (χ2n) is 4.36. The number of halogens is 1. The van der Waals surface area contributed by atoms with Crippen molar-refractivity contribution in [3.05, 3.63) is 62.1 Å². The van der Waals surface area contributed by atoms with Crippen LogP contribution in [0.2, 0.25) is 0 Å². The number of nitrogens with one attached hydrogen (secondary N) is 1. The number of benzene rings is 2. The summed E-state index contributed by atoms with van der Waals surface area (Å²) in [5.41, 5.74) is 6.49. The van der Waals surface area contributed by atoms with Crippen molar-refractivity contribution in [3.63, 3.8) is 0 Å². The van der Waals surface area contributed by atoms with Crippen LogP contribution in [0.1, 0.15) is 11.1 Å². The van der Waals surface area contributed by atoms with Gasteiger partial charge < -0.3 is 10.5 Å². The van der Waals surface area contributed by atoms with Crippen molar-refractivity contribution in [1.29, 1.82) is 5.41 Å². The molecule has 0 amide bonds. The van der Waals surface area contributed by atoms with E-state index in [1.807, 2.05) is 0 Å². The van der Waals surface area contributed by atoms with Crippen LogP contribution in [-0.4, -0.2) is 10.8 Å². The quantitative estimate of drug-likeness (QED) is 0.379. The highest BCUT2D eigenvalue weighted by atomic mass is 79.9. The molecule has 0 radical (unpaired) electrons. The lowest BCUT2D eigenvalue weighted by Crippen LogP contribution is -2.12. The van der Waals surface area contributed by atoms with Gasteiger partial charge in [0.1, 0.15) is 17.3 Å². The first-order valence-electron chi connectivity index (χ1n) is 5.95. The third-order valence-corrected chi connectivity index (χ3v) is 3.32. The van der Waals surface area contributed by atoms with Crippen molar-refractivity contribution < 1.29 is 9.66 Å². The Bertz CT molecular complexity index is 731. The topological polar surface area (TPSA) is 102 Å². The van der Waals surface area contributed by atoms with Crippen LogP contribution in [0.4, 0.5) is 5.69 Å². The van der Waals surface area contributed by atoms with Gasteiger partial charge in [-0.25, -0.2) is 0 Å². The lowest BCUT2D eigenvalue weighted by Gasteiger charge is -2.11. The van der Waals surface area contributed by atoms with E-state index in [1.54, 1.807) is 31.2 Å². The maximum absolute atomic E-state index is 10.8. The van der Waals surface area contributed by atoms with Crippen molar-refractivity contribution in [2.45, 2.75) is 6.92 Å². The van der Waals surface area contributed by atoms with Crippen molar-refractivity contribution >= 4 is 27.5 Å². The first-order chi connectivity index (χ1) is 9.88. The summed E-state index contributed by atoms with van der Waals surface area (Å²) in [4.78, 5) is 10.3. The lowest BCUT2D eigenvalue weighted by molar-refractivity contribution is -0.385. The third-order valence-electron chi connectivity index (χ3n) is 2.83. The van der Waals surface area contributed by atoms with Crippen molar-refractivity contribution in [2.24, 2.45) is 5.73 Å². The van der Waals surface area contributed by atoms with Gasteiger partial charge in [0.05, 0.1) is 10.5 Å². The Balaban J connectivity index is 2.38. The van der Waals surface area contributed by atoms with Crippen molar-refractivity contribution in [3.8, 4) is 11.5 Å². The number of nitro benzene ring substituents is 1. The monoisotopic (exact) mass is 349 g/mol. The highest BCUT2D eigenvalue weighted by Gasteiger charge is 2.13. The molecule has 6 nitrogen and oxygen atoms in total. The van der Waals surface area contributed by atoms with Gasteiger partial charge in [0.2, 0.25) is 0 Å². The standard InChI is InChI=1S/C14H12BrN3O3/c1-8-6-10(3-5-12(8)18(19)20)21-13-7-9(15)2-4-11(13)14(16)17/h2-7H,1H3,(H3,16,17). The molecule has 0 saturated carbocycles. The number of nitro groups is 1. The molecule has 0 saturated heterocycles. The molecule has 0 aliphatic heterocycles. The maximum atomic E-state index is 10.8. The van der Waals surface area contributed by atoms with Crippen LogP contribution < -0.4 is 10.5 Å². The Morgan fingerprint density at radius 2 is 2.05 bits per heavy atom. The third kappa shape index (κ3) is 3.38. The van der Waals surface area contributed by atoms with E-state index in [2.05, 4.69) is 15.9 Å². The number of ether oxygens (including phenoxy) is 1. The van der Waals surface area contributed by atoms with E-state index < -0.39 is 4.92 Å².